The lowest BCUT2D eigenvalue weighted by Gasteiger charge is -2.39. The lowest BCUT2D eigenvalue weighted by Crippen LogP contribution is -2.54. The van der Waals surface area contributed by atoms with Gasteiger partial charge in [-0.25, -0.2) is 0 Å². The monoisotopic (exact) mass is 426 g/mol. The van der Waals surface area contributed by atoms with Crippen LogP contribution in [-0.4, -0.2) is 84.3 Å². The van der Waals surface area contributed by atoms with Gasteiger partial charge in [0, 0.05) is 50.9 Å². The first-order chi connectivity index (χ1) is 14.9. The van der Waals surface area contributed by atoms with Crippen LogP contribution < -0.4 is 5.32 Å². The highest BCUT2D eigenvalue weighted by molar-refractivity contribution is 5.95. The van der Waals surface area contributed by atoms with Crippen molar-refractivity contribution in [1.29, 1.82) is 0 Å². The molecule has 1 unspecified atom stereocenters. The summed E-state index contributed by atoms with van der Waals surface area (Å²) >= 11 is 0. The number of piperazine rings is 1. The van der Waals surface area contributed by atoms with E-state index in [1.165, 1.54) is 0 Å². The summed E-state index contributed by atoms with van der Waals surface area (Å²) in [6.45, 7) is 8.37. The summed E-state index contributed by atoms with van der Waals surface area (Å²) in [6.07, 6.45) is 3.88. The highest BCUT2D eigenvalue weighted by Crippen LogP contribution is 2.22. The predicted octanol–water partition coefficient (Wildman–Crippen LogP) is 1.58. The molecule has 31 heavy (non-hydrogen) atoms. The molecule has 1 atom stereocenters. The Balaban J connectivity index is 1.28. The molecule has 3 fully saturated rings. The largest absolute Gasteiger partial charge is 0.352 e. The Morgan fingerprint density at radius 3 is 2.23 bits per heavy atom. The van der Waals surface area contributed by atoms with Crippen LogP contribution in [0.2, 0.25) is 0 Å². The van der Waals surface area contributed by atoms with Crippen molar-refractivity contribution in [3.05, 3.63) is 34.9 Å². The third kappa shape index (κ3) is 5.64. The Hall–Kier alpha value is -2.41. The van der Waals surface area contributed by atoms with Crippen LogP contribution in [0.4, 0.5) is 0 Å². The summed E-state index contributed by atoms with van der Waals surface area (Å²) in [5, 5.41) is 3.02. The zero-order chi connectivity index (χ0) is 22.0. The molecule has 1 N–H and O–H groups in total. The van der Waals surface area contributed by atoms with E-state index in [1.54, 1.807) is 0 Å². The van der Waals surface area contributed by atoms with Crippen molar-refractivity contribution >= 4 is 17.7 Å². The van der Waals surface area contributed by atoms with Crippen LogP contribution >= 0.6 is 0 Å². The Labute approximate surface area is 184 Å². The molecule has 0 spiro atoms. The first-order valence-corrected chi connectivity index (χ1v) is 11.6. The Bertz CT molecular complexity index is 823. The van der Waals surface area contributed by atoms with Gasteiger partial charge < -0.3 is 15.1 Å². The van der Waals surface area contributed by atoms with Gasteiger partial charge in [0.05, 0.1) is 12.5 Å². The van der Waals surface area contributed by atoms with Crippen LogP contribution in [0.15, 0.2) is 18.2 Å². The normalized spacial score (nSPS) is 22.3. The van der Waals surface area contributed by atoms with Crippen LogP contribution in [-0.2, 0) is 9.59 Å². The Morgan fingerprint density at radius 1 is 0.903 bits per heavy atom. The molecule has 168 valence electrons. The summed E-state index contributed by atoms with van der Waals surface area (Å²) in [4.78, 5) is 44.1. The van der Waals surface area contributed by atoms with Gasteiger partial charge in [-0.1, -0.05) is 17.2 Å². The second-order valence-electron chi connectivity index (χ2n) is 9.41. The fourth-order valence-corrected chi connectivity index (χ4v) is 4.73. The number of nitrogens with zero attached hydrogens (tertiary/aromatic N) is 3. The molecular weight excluding hydrogens is 392 g/mol. The number of rotatable bonds is 5. The minimum atomic E-state index is -0.131. The van der Waals surface area contributed by atoms with Crippen molar-refractivity contribution in [3.63, 3.8) is 0 Å². The van der Waals surface area contributed by atoms with E-state index in [4.69, 9.17) is 0 Å². The highest BCUT2D eigenvalue weighted by Gasteiger charge is 2.33. The molecule has 2 heterocycles. The van der Waals surface area contributed by atoms with Crippen LogP contribution in [0.25, 0.3) is 0 Å². The van der Waals surface area contributed by atoms with Gasteiger partial charge in [0.2, 0.25) is 11.8 Å². The molecule has 3 aliphatic rings. The van der Waals surface area contributed by atoms with E-state index in [0.29, 0.717) is 44.3 Å². The number of benzene rings is 1. The first kappa shape index (κ1) is 21.8. The average Bonchev–Trinajstić information content (AvgIpc) is 3.56. The van der Waals surface area contributed by atoms with Gasteiger partial charge in [0.1, 0.15) is 0 Å². The van der Waals surface area contributed by atoms with Gasteiger partial charge in [0.15, 0.2) is 0 Å². The molecule has 0 radical (unpaired) electrons. The van der Waals surface area contributed by atoms with Crippen molar-refractivity contribution in [3.8, 4) is 0 Å². The minimum absolute atomic E-state index is 0.0239. The van der Waals surface area contributed by atoms with Gasteiger partial charge in [0.25, 0.3) is 5.91 Å². The molecule has 0 bridgehead atoms. The second-order valence-corrected chi connectivity index (χ2v) is 9.41. The van der Waals surface area contributed by atoms with Gasteiger partial charge in [-0.15, -0.1) is 0 Å². The summed E-state index contributed by atoms with van der Waals surface area (Å²) in [5.41, 5.74) is 2.87. The minimum Gasteiger partial charge on any atom is -0.352 e. The van der Waals surface area contributed by atoms with Crippen molar-refractivity contribution in [1.82, 2.24) is 20.0 Å². The zero-order valence-electron chi connectivity index (χ0n) is 18.7. The first-order valence-electron chi connectivity index (χ1n) is 11.6. The van der Waals surface area contributed by atoms with Gasteiger partial charge >= 0.3 is 0 Å². The fraction of sp³-hybridized carbons (Fsp3) is 0.625. The summed E-state index contributed by atoms with van der Waals surface area (Å²) in [7, 11) is 0. The van der Waals surface area contributed by atoms with E-state index in [-0.39, 0.29) is 23.6 Å². The molecule has 1 aromatic carbocycles. The van der Waals surface area contributed by atoms with E-state index in [0.717, 1.165) is 49.9 Å². The van der Waals surface area contributed by atoms with E-state index >= 15 is 0 Å². The number of amides is 3. The van der Waals surface area contributed by atoms with Gasteiger partial charge in [-0.2, -0.15) is 0 Å². The quantitative estimate of drug-likeness (QED) is 0.776. The van der Waals surface area contributed by atoms with Crippen LogP contribution in [0.3, 0.4) is 0 Å². The molecule has 3 amide bonds. The maximum Gasteiger partial charge on any atom is 0.253 e. The fourth-order valence-electron chi connectivity index (χ4n) is 4.73. The van der Waals surface area contributed by atoms with Crippen molar-refractivity contribution in [2.75, 3.05) is 45.8 Å². The van der Waals surface area contributed by atoms with E-state index in [2.05, 4.69) is 16.3 Å². The molecule has 0 aromatic heterocycles. The average molecular weight is 427 g/mol. The lowest BCUT2D eigenvalue weighted by atomic mass is 9.95. The number of carbonyl (C=O) groups is 3. The number of piperidine rings is 1. The molecule has 1 aromatic rings. The van der Waals surface area contributed by atoms with Crippen LogP contribution in [0.1, 0.15) is 47.2 Å². The highest BCUT2D eigenvalue weighted by atomic mass is 16.2. The van der Waals surface area contributed by atoms with E-state index in [9.17, 15) is 14.4 Å². The SMILES string of the molecule is Cc1cc(C)cc(C(=O)N2CCCC(C(=O)N3CCN(CC(=O)NC4CC4)CC3)C2)c1. The number of hydrogen-bond acceptors (Lipinski definition) is 4. The topological polar surface area (TPSA) is 73.0 Å². The smallest absolute Gasteiger partial charge is 0.253 e. The lowest BCUT2D eigenvalue weighted by molar-refractivity contribution is -0.138. The number of carbonyl (C=O) groups excluding carboxylic acids is 3. The number of likely N-dealkylation sites (tertiary alicyclic amines) is 1. The molecule has 4 rings (SSSR count). The number of hydrogen-bond donors (Lipinski definition) is 1. The molecule has 2 saturated heterocycles. The molecule has 7 heteroatoms. The zero-order valence-corrected chi connectivity index (χ0v) is 18.7. The predicted molar refractivity (Wildman–Crippen MR) is 119 cm³/mol. The van der Waals surface area contributed by atoms with Crippen molar-refractivity contribution < 1.29 is 14.4 Å². The van der Waals surface area contributed by atoms with E-state index in [1.807, 2.05) is 35.8 Å². The van der Waals surface area contributed by atoms with Crippen LogP contribution in [0, 0.1) is 19.8 Å². The third-order valence-corrected chi connectivity index (χ3v) is 6.52. The summed E-state index contributed by atoms with van der Waals surface area (Å²) in [5.74, 6) is 0.138. The molecule has 7 nitrogen and oxygen atoms in total. The third-order valence-electron chi connectivity index (χ3n) is 6.52. The molecule has 1 aliphatic carbocycles. The molecule has 2 aliphatic heterocycles. The standard InChI is InChI=1S/C24H34N4O3/c1-17-12-18(2)14-20(13-17)24(31)28-7-3-4-19(15-28)23(30)27-10-8-26(9-11-27)16-22(29)25-21-5-6-21/h12-14,19,21H,3-11,15-16H2,1-2H3,(H,25,29). The maximum atomic E-state index is 13.1. The van der Waals surface area contributed by atoms with E-state index < -0.39 is 0 Å². The van der Waals surface area contributed by atoms with Crippen molar-refractivity contribution in [2.24, 2.45) is 5.92 Å². The number of aryl methyl sites for hydroxylation is 2. The van der Waals surface area contributed by atoms with Gasteiger partial charge in [-0.3, -0.25) is 19.3 Å². The van der Waals surface area contributed by atoms with Crippen molar-refractivity contribution in [2.45, 2.75) is 45.6 Å². The Kier molecular flexibility index (Phi) is 6.60. The Morgan fingerprint density at radius 2 is 1.58 bits per heavy atom. The van der Waals surface area contributed by atoms with Crippen LogP contribution in [0.5, 0.6) is 0 Å². The second kappa shape index (κ2) is 9.39. The molecular formula is C24H34N4O3. The maximum absolute atomic E-state index is 13.1. The number of nitrogens with one attached hydrogen (secondary N) is 1. The summed E-state index contributed by atoms with van der Waals surface area (Å²) < 4.78 is 0. The summed E-state index contributed by atoms with van der Waals surface area (Å²) in [6, 6.07) is 6.31. The molecule has 1 saturated carbocycles. The van der Waals surface area contributed by atoms with Gasteiger partial charge in [-0.05, 0) is 51.7 Å².